The van der Waals surface area contributed by atoms with Crippen molar-refractivity contribution in [2.45, 2.75) is 25.8 Å². The number of carbonyl (C=O) groups excluding carboxylic acids is 1. The van der Waals surface area contributed by atoms with Crippen molar-refractivity contribution in [3.8, 4) is 11.3 Å². The van der Waals surface area contributed by atoms with Crippen LogP contribution in [0.4, 0.5) is 5.82 Å². The van der Waals surface area contributed by atoms with Gasteiger partial charge in [0.05, 0.1) is 6.20 Å². The molecule has 1 aliphatic rings. The Hall–Kier alpha value is -2.45. The summed E-state index contributed by atoms with van der Waals surface area (Å²) in [5.74, 6) is 0.0969. The van der Waals surface area contributed by atoms with Gasteiger partial charge in [-0.3, -0.25) is 9.20 Å². The molecule has 1 fully saturated rings. The summed E-state index contributed by atoms with van der Waals surface area (Å²) in [7, 11) is 0. The molecule has 0 unspecified atom stereocenters. The molecule has 2 aromatic heterocycles. The molecule has 0 saturated carbocycles. The van der Waals surface area contributed by atoms with Crippen molar-refractivity contribution >= 4 is 33.3 Å². The highest BCUT2D eigenvalue weighted by Gasteiger charge is 2.22. The fourth-order valence-corrected chi connectivity index (χ4v) is 4.04. The summed E-state index contributed by atoms with van der Waals surface area (Å²) in [5, 5.41) is 6.84. The van der Waals surface area contributed by atoms with Crippen LogP contribution >= 0.6 is 15.9 Å². The molecule has 4 rings (SSSR count). The van der Waals surface area contributed by atoms with Crippen LogP contribution in [0.25, 0.3) is 16.9 Å². The monoisotopic (exact) mass is 428 g/mol. The van der Waals surface area contributed by atoms with E-state index in [1.165, 1.54) is 11.8 Å². The predicted molar refractivity (Wildman–Crippen MR) is 109 cm³/mol. The molecule has 0 spiro atoms. The first kappa shape index (κ1) is 17.9. The predicted octanol–water partition coefficient (Wildman–Crippen LogP) is 2.73. The minimum Gasteiger partial charge on any atom is -0.364 e. The van der Waals surface area contributed by atoms with Crippen molar-refractivity contribution in [2.24, 2.45) is 5.73 Å². The summed E-state index contributed by atoms with van der Waals surface area (Å²) in [5.41, 5.74) is 9.31. The Balaban J connectivity index is 1.85. The van der Waals surface area contributed by atoms with E-state index in [0.717, 1.165) is 37.2 Å². The SMILES string of the molecule is Cc1ccc(-c2nc3c(N[C@@H]4CCCNC4)ncc(C(N)=O)n3c2Br)cc1. The number of hydrogen-bond donors (Lipinski definition) is 3. The maximum Gasteiger partial charge on any atom is 0.267 e. The summed E-state index contributed by atoms with van der Waals surface area (Å²) in [6.07, 6.45) is 3.67. The highest BCUT2D eigenvalue weighted by atomic mass is 79.9. The molecule has 0 bridgehead atoms. The molecular weight excluding hydrogens is 408 g/mol. The topological polar surface area (TPSA) is 97.3 Å². The molecule has 0 aliphatic carbocycles. The molecule has 4 N–H and O–H groups in total. The third-order valence-corrected chi connectivity index (χ3v) is 5.54. The summed E-state index contributed by atoms with van der Waals surface area (Å²) in [6.45, 7) is 3.95. The van der Waals surface area contributed by atoms with Gasteiger partial charge in [-0.1, -0.05) is 29.8 Å². The third kappa shape index (κ3) is 3.42. The van der Waals surface area contributed by atoms with Gasteiger partial charge in [0.2, 0.25) is 0 Å². The average Bonchev–Trinajstić information content (AvgIpc) is 3.01. The first-order chi connectivity index (χ1) is 13.0. The van der Waals surface area contributed by atoms with Crippen molar-refractivity contribution in [1.82, 2.24) is 19.7 Å². The zero-order chi connectivity index (χ0) is 19.0. The van der Waals surface area contributed by atoms with Crippen LogP contribution in [0.3, 0.4) is 0 Å². The lowest BCUT2D eigenvalue weighted by molar-refractivity contribution is 0.0994. The molecule has 140 valence electrons. The lowest BCUT2D eigenvalue weighted by Crippen LogP contribution is -2.38. The Bertz CT molecular complexity index is 992. The van der Waals surface area contributed by atoms with Gasteiger partial charge in [-0.25, -0.2) is 9.97 Å². The Morgan fingerprint density at radius 1 is 1.37 bits per heavy atom. The second-order valence-corrected chi connectivity index (χ2v) is 7.57. The first-order valence-electron chi connectivity index (χ1n) is 8.95. The van der Waals surface area contributed by atoms with E-state index >= 15 is 0 Å². The number of amides is 1. The van der Waals surface area contributed by atoms with Crippen molar-refractivity contribution in [3.63, 3.8) is 0 Å². The fourth-order valence-electron chi connectivity index (χ4n) is 3.36. The number of nitrogens with two attached hydrogens (primary N) is 1. The van der Waals surface area contributed by atoms with Crippen LogP contribution in [-0.4, -0.2) is 39.4 Å². The number of rotatable bonds is 4. The quantitative estimate of drug-likeness (QED) is 0.593. The van der Waals surface area contributed by atoms with Gasteiger partial charge in [-0.2, -0.15) is 0 Å². The van der Waals surface area contributed by atoms with Gasteiger partial charge in [0.25, 0.3) is 5.91 Å². The van der Waals surface area contributed by atoms with Crippen LogP contribution in [0, 0.1) is 6.92 Å². The Morgan fingerprint density at radius 3 is 2.81 bits per heavy atom. The molecule has 3 aromatic rings. The summed E-state index contributed by atoms with van der Waals surface area (Å²) < 4.78 is 2.41. The number of nitrogens with zero attached hydrogens (tertiary/aromatic N) is 3. The van der Waals surface area contributed by atoms with Crippen LogP contribution in [0.2, 0.25) is 0 Å². The zero-order valence-corrected chi connectivity index (χ0v) is 16.6. The smallest absolute Gasteiger partial charge is 0.267 e. The Morgan fingerprint density at radius 2 is 2.15 bits per heavy atom. The number of benzene rings is 1. The van der Waals surface area contributed by atoms with E-state index in [4.69, 9.17) is 10.7 Å². The number of piperidine rings is 1. The lowest BCUT2D eigenvalue weighted by Gasteiger charge is -2.24. The van der Waals surface area contributed by atoms with Gasteiger partial charge in [-0.15, -0.1) is 0 Å². The largest absolute Gasteiger partial charge is 0.364 e. The molecule has 1 amide bonds. The van der Waals surface area contributed by atoms with Gasteiger partial charge in [0.1, 0.15) is 16.0 Å². The molecular formula is C19H21BrN6O. The fraction of sp³-hybridized carbons (Fsp3) is 0.316. The Kier molecular flexibility index (Phi) is 4.84. The number of primary amides is 1. The standard InChI is InChI=1S/C19H21BrN6O/c1-11-4-6-12(7-5-11)15-16(20)26-14(17(21)27)10-23-18(19(26)25-15)24-13-3-2-8-22-9-13/h4-7,10,13,22H,2-3,8-9H2,1H3,(H2,21,27)(H,23,24)/t13-/m1/s1. The lowest BCUT2D eigenvalue weighted by atomic mass is 10.1. The van der Waals surface area contributed by atoms with Gasteiger partial charge in [0.15, 0.2) is 11.5 Å². The van der Waals surface area contributed by atoms with Crippen LogP contribution in [0.15, 0.2) is 35.1 Å². The van der Waals surface area contributed by atoms with E-state index in [9.17, 15) is 4.79 Å². The molecule has 27 heavy (non-hydrogen) atoms. The first-order valence-corrected chi connectivity index (χ1v) is 9.75. The number of hydrogen-bond acceptors (Lipinski definition) is 5. The molecule has 1 aromatic carbocycles. The van der Waals surface area contributed by atoms with Crippen LogP contribution in [0.5, 0.6) is 0 Å². The maximum atomic E-state index is 11.9. The summed E-state index contributed by atoms with van der Waals surface area (Å²) >= 11 is 3.61. The molecule has 1 saturated heterocycles. The highest BCUT2D eigenvalue weighted by molar-refractivity contribution is 9.10. The number of aryl methyl sites for hydroxylation is 1. The van der Waals surface area contributed by atoms with Crippen LogP contribution < -0.4 is 16.4 Å². The zero-order valence-electron chi connectivity index (χ0n) is 15.0. The van der Waals surface area contributed by atoms with Gasteiger partial charge < -0.3 is 16.4 Å². The second-order valence-electron chi connectivity index (χ2n) is 6.82. The van der Waals surface area contributed by atoms with E-state index in [0.29, 0.717) is 16.1 Å². The number of carbonyl (C=O) groups is 1. The van der Waals surface area contributed by atoms with E-state index in [2.05, 4.69) is 31.5 Å². The van der Waals surface area contributed by atoms with E-state index in [1.54, 1.807) is 4.40 Å². The van der Waals surface area contributed by atoms with E-state index in [1.807, 2.05) is 31.2 Å². The maximum absolute atomic E-state index is 11.9. The minimum absolute atomic E-state index is 0.271. The van der Waals surface area contributed by atoms with E-state index < -0.39 is 5.91 Å². The molecule has 1 atom stereocenters. The highest BCUT2D eigenvalue weighted by Crippen LogP contribution is 2.32. The number of nitrogens with one attached hydrogen (secondary N) is 2. The molecule has 8 heteroatoms. The van der Waals surface area contributed by atoms with Crippen molar-refractivity contribution in [2.75, 3.05) is 18.4 Å². The molecule has 3 heterocycles. The second kappa shape index (κ2) is 7.28. The van der Waals surface area contributed by atoms with Gasteiger partial charge >= 0.3 is 0 Å². The molecule has 0 radical (unpaired) electrons. The third-order valence-electron chi connectivity index (χ3n) is 4.81. The van der Waals surface area contributed by atoms with E-state index in [-0.39, 0.29) is 11.7 Å². The normalized spacial score (nSPS) is 17.2. The average molecular weight is 429 g/mol. The number of imidazole rings is 1. The number of anilines is 1. The summed E-state index contributed by atoms with van der Waals surface area (Å²) in [6, 6.07) is 8.36. The van der Waals surface area contributed by atoms with Crippen molar-refractivity contribution in [3.05, 3.63) is 46.3 Å². The van der Waals surface area contributed by atoms with Gasteiger partial charge in [-0.05, 0) is 42.2 Å². The minimum atomic E-state index is -0.549. The molecule has 7 nitrogen and oxygen atoms in total. The number of aromatic nitrogens is 3. The number of fused-ring (bicyclic) bond motifs is 1. The van der Waals surface area contributed by atoms with Crippen LogP contribution in [0.1, 0.15) is 28.9 Å². The molecule has 1 aliphatic heterocycles. The summed E-state index contributed by atoms with van der Waals surface area (Å²) in [4.78, 5) is 21.2. The Labute approximate surface area is 165 Å². The van der Waals surface area contributed by atoms with Crippen LogP contribution in [-0.2, 0) is 0 Å². The van der Waals surface area contributed by atoms with Gasteiger partial charge in [0, 0.05) is 18.2 Å². The van der Waals surface area contributed by atoms with Crippen molar-refractivity contribution in [1.29, 1.82) is 0 Å². The van der Waals surface area contributed by atoms with Crippen molar-refractivity contribution < 1.29 is 4.79 Å². The number of halogens is 1.